The number of amides is 1. The fourth-order valence-corrected chi connectivity index (χ4v) is 4.05. The molecular weight excluding hydrogens is 344 g/mol. The van der Waals surface area contributed by atoms with Gasteiger partial charge in [0.1, 0.15) is 5.75 Å². The van der Waals surface area contributed by atoms with Gasteiger partial charge in [-0.05, 0) is 42.2 Å². The lowest BCUT2D eigenvalue weighted by atomic mass is 10.0. The highest BCUT2D eigenvalue weighted by molar-refractivity contribution is 7.16. The molecule has 3 aromatic rings. The highest BCUT2D eigenvalue weighted by Crippen LogP contribution is 2.23. The molecule has 0 atom stereocenters. The van der Waals surface area contributed by atoms with E-state index in [0.29, 0.717) is 12.3 Å². The van der Waals surface area contributed by atoms with Gasteiger partial charge in [0, 0.05) is 6.54 Å². The van der Waals surface area contributed by atoms with Crippen molar-refractivity contribution in [3.05, 3.63) is 58.4 Å². The zero-order chi connectivity index (χ0) is 18.7. The van der Waals surface area contributed by atoms with Gasteiger partial charge < -0.3 is 9.30 Å². The highest BCUT2D eigenvalue weighted by Gasteiger charge is 2.09. The number of nitrogens with zero attached hydrogens (tertiary/aromatic N) is 2. The molecule has 1 amide bonds. The standard InChI is InChI=1S/C21H24N2O2S/c1-5-23-18-11-10-17(25-4)13-19(18)26-21(23)22-20(24)12-15-6-8-16(9-7-15)14(2)3/h6-11,13-14H,5,12H2,1-4H3. The molecule has 0 fully saturated rings. The van der Waals surface area contributed by atoms with Crippen LogP contribution in [0.1, 0.15) is 37.8 Å². The summed E-state index contributed by atoms with van der Waals surface area (Å²) < 4.78 is 8.43. The average molecular weight is 369 g/mol. The first-order valence-corrected chi connectivity index (χ1v) is 9.67. The summed E-state index contributed by atoms with van der Waals surface area (Å²) in [6, 6.07) is 14.2. The summed E-state index contributed by atoms with van der Waals surface area (Å²) in [4.78, 5) is 17.6. The van der Waals surface area contributed by atoms with Gasteiger partial charge in [-0.3, -0.25) is 4.79 Å². The molecular formula is C21H24N2O2S. The van der Waals surface area contributed by atoms with Crippen LogP contribution in [0.2, 0.25) is 0 Å². The highest BCUT2D eigenvalue weighted by atomic mass is 32.1. The Morgan fingerprint density at radius 2 is 1.92 bits per heavy atom. The minimum Gasteiger partial charge on any atom is -0.497 e. The van der Waals surface area contributed by atoms with Crippen LogP contribution >= 0.6 is 11.3 Å². The van der Waals surface area contributed by atoms with Crippen molar-refractivity contribution in [1.29, 1.82) is 0 Å². The molecule has 1 heterocycles. The molecule has 26 heavy (non-hydrogen) atoms. The quantitative estimate of drug-likeness (QED) is 0.664. The van der Waals surface area contributed by atoms with Crippen LogP contribution in [0, 0.1) is 0 Å². The predicted octanol–water partition coefficient (Wildman–Crippen LogP) is 4.52. The number of fused-ring (bicyclic) bond motifs is 1. The molecule has 4 nitrogen and oxygen atoms in total. The van der Waals surface area contributed by atoms with Crippen molar-refractivity contribution in [3.8, 4) is 5.75 Å². The summed E-state index contributed by atoms with van der Waals surface area (Å²) >= 11 is 1.52. The number of hydrogen-bond acceptors (Lipinski definition) is 3. The second-order valence-corrected chi connectivity index (χ2v) is 7.55. The summed E-state index contributed by atoms with van der Waals surface area (Å²) in [6.07, 6.45) is 0.319. The molecule has 2 aromatic carbocycles. The molecule has 0 N–H and O–H groups in total. The first-order chi connectivity index (χ1) is 12.5. The van der Waals surface area contributed by atoms with Crippen molar-refractivity contribution in [2.45, 2.75) is 39.7 Å². The summed E-state index contributed by atoms with van der Waals surface area (Å²) in [5, 5.41) is 0. The molecule has 0 aliphatic heterocycles. The number of benzene rings is 2. The number of aryl methyl sites for hydroxylation is 1. The third-order valence-electron chi connectivity index (χ3n) is 4.43. The zero-order valence-corrected chi connectivity index (χ0v) is 16.5. The number of aromatic nitrogens is 1. The molecule has 0 saturated heterocycles. The summed E-state index contributed by atoms with van der Waals surface area (Å²) in [6.45, 7) is 7.15. The second-order valence-electron chi connectivity index (χ2n) is 6.54. The van der Waals surface area contributed by atoms with Crippen LogP contribution in [0.4, 0.5) is 0 Å². The summed E-state index contributed by atoms with van der Waals surface area (Å²) in [7, 11) is 1.65. The lowest BCUT2D eigenvalue weighted by molar-refractivity contribution is -0.117. The van der Waals surface area contributed by atoms with E-state index in [2.05, 4.69) is 42.5 Å². The van der Waals surface area contributed by atoms with E-state index in [-0.39, 0.29) is 5.91 Å². The van der Waals surface area contributed by atoms with E-state index in [0.717, 1.165) is 32.9 Å². The van der Waals surface area contributed by atoms with Crippen LogP contribution in [-0.4, -0.2) is 17.6 Å². The molecule has 0 aliphatic carbocycles. The number of rotatable bonds is 5. The number of thiazole rings is 1. The molecule has 0 radical (unpaired) electrons. The van der Waals surface area contributed by atoms with Crippen LogP contribution in [-0.2, 0) is 17.8 Å². The second kappa shape index (κ2) is 7.87. The van der Waals surface area contributed by atoms with Crippen LogP contribution in [0.3, 0.4) is 0 Å². The van der Waals surface area contributed by atoms with Gasteiger partial charge in [-0.15, -0.1) is 0 Å². The molecule has 0 aliphatic rings. The van der Waals surface area contributed by atoms with Gasteiger partial charge in [-0.2, -0.15) is 4.99 Å². The topological polar surface area (TPSA) is 43.6 Å². The number of carbonyl (C=O) groups is 1. The normalized spacial score (nSPS) is 12.1. The Labute approximate surface area is 157 Å². The third kappa shape index (κ3) is 3.88. The van der Waals surface area contributed by atoms with E-state index in [4.69, 9.17) is 4.74 Å². The number of methoxy groups -OCH3 is 1. The Kier molecular flexibility index (Phi) is 5.57. The third-order valence-corrected chi connectivity index (χ3v) is 5.47. The lowest BCUT2D eigenvalue weighted by Gasteiger charge is -2.05. The minimum absolute atomic E-state index is 0.122. The van der Waals surface area contributed by atoms with Gasteiger partial charge in [-0.25, -0.2) is 0 Å². The Balaban J connectivity index is 1.89. The van der Waals surface area contributed by atoms with E-state index in [1.165, 1.54) is 16.9 Å². The first kappa shape index (κ1) is 18.4. The van der Waals surface area contributed by atoms with E-state index in [1.54, 1.807) is 7.11 Å². The largest absolute Gasteiger partial charge is 0.497 e. The minimum atomic E-state index is -0.122. The number of hydrogen-bond donors (Lipinski definition) is 0. The van der Waals surface area contributed by atoms with Crippen LogP contribution < -0.4 is 9.54 Å². The van der Waals surface area contributed by atoms with E-state index in [9.17, 15) is 4.79 Å². The monoisotopic (exact) mass is 368 g/mol. The molecule has 0 bridgehead atoms. The zero-order valence-electron chi connectivity index (χ0n) is 15.7. The fraction of sp³-hybridized carbons (Fsp3) is 0.333. The molecule has 5 heteroatoms. The van der Waals surface area contributed by atoms with E-state index >= 15 is 0 Å². The van der Waals surface area contributed by atoms with Crippen molar-refractivity contribution in [2.75, 3.05) is 7.11 Å². The Hall–Kier alpha value is -2.40. The molecule has 0 spiro atoms. The van der Waals surface area contributed by atoms with Gasteiger partial charge in [0.25, 0.3) is 5.91 Å². The maximum atomic E-state index is 12.5. The van der Waals surface area contributed by atoms with Gasteiger partial charge in [0.05, 0.1) is 23.7 Å². The van der Waals surface area contributed by atoms with Crippen molar-refractivity contribution >= 4 is 27.5 Å². The van der Waals surface area contributed by atoms with Crippen molar-refractivity contribution in [2.24, 2.45) is 4.99 Å². The van der Waals surface area contributed by atoms with Gasteiger partial charge >= 0.3 is 0 Å². The molecule has 0 saturated carbocycles. The van der Waals surface area contributed by atoms with Gasteiger partial charge in [0.2, 0.25) is 0 Å². The summed E-state index contributed by atoms with van der Waals surface area (Å²) in [5.74, 6) is 1.18. The first-order valence-electron chi connectivity index (χ1n) is 8.85. The van der Waals surface area contributed by atoms with Gasteiger partial charge in [0.15, 0.2) is 4.80 Å². The van der Waals surface area contributed by atoms with E-state index < -0.39 is 0 Å². The SMILES string of the molecule is CCn1c(=NC(=O)Cc2ccc(C(C)C)cc2)sc2cc(OC)ccc21. The van der Waals surface area contributed by atoms with Crippen LogP contribution in [0.15, 0.2) is 47.5 Å². The maximum absolute atomic E-state index is 12.5. The average Bonchev–Trinajstić information content (AvgIpc) is 2.97. The molecule has 136 valence electrons. The van der Waals surface area contributed by atoms with E-state index in [1.807, 2.05) is 30.3 Å². The number of ether oxygens (including phenoxy) is 1. The van der Waals surface area contributed by atoms with Crippen molar-refractivity contribution in [3.63, 3.8) is 0 Å². The number of carbonyl (C=O) groups excluding carboxylic acids is 1. The summed E-state index contributed by atoms with van der Waals surface area (Å²) in [5.41, 5.74) is 3.35. The predicted molar refractivity (Wildman–Crippen MR) is 107 cm³/mol. The Morgan fingerprint density at radius 3 is 2.54 bits per heavy atom. The van der Waals surface area contributed by atoms with Crippen molar-refractivity contribution in [1.82, 2.24) is 4.57 Å². The molecule has 1 aromatic heterocycles. The van der Waals surface area contributed by atoms with Crippen molar-refractivity contribution < 1.29 is 9.53 Å². The lowest BCUT2D eigenvalue weighted by Crippen LogP contribution is -2.16. The van der Waals surface area contributed by atoms with Crippen LogP contribution in [0.5, 0.6) is 5.75 Å². The fourth-order valence-electron chi connectivity index (χ4n) is 2.91. The van der Waals surface area contributed by atoms with Crippen LogP contribution in [0.25, 0.3) is 10.2 Å². The molecule has 3 rings (SSSR count). The van der Waals surface area contributed by atoms with Gasteiger partial charge in [-0.1, -0.05) is 49.4 Å². The maximum Gasteiger partial charge on any atom is 0.252 e. The Morgan fingerprint density at radius 1 is 1.19 bits per heavy atom. The Bertz CT molecular complexity index is 981. The smallest absolute Gasteiger partial charge is 0.252 e. The molecule has 0 unspecified atom stereocenters.